The van der Waals surface area contributed by atoms with Gasteiger partial charge < -0.3 is 16.0 Å². The number of hydrogen-bond acceptors (Lipinski definition) is 4. The molecule has 1 amide bonds. The van der Waals surface area contributed by atoms with E-state index in [1.54, 1.807) is 17.1 Å². The molecule has 0 spiro atoms. The number of rotatable bonds is 7. The Kier molecular flexibility index (Phi) is 6.04. The standard InChI is InChI=1S/C15H27N5O/c1-19(14-6-3-2-4-7-14)9-5-8-17-15(21)12-20-11-13(16)10-18-20/h10-11,14H,2-9,12,16H2,1H3,(H,17,21). The normalized spacial score (nSPS) is 16.3. The summed E-state index contributed by atoms with van der Waals surface area (Å²) in [6.07, 6.45) is 11.0. The molecule has 1 heterocycles. The van der Waals surface area contributed by atoms with E-state index < -0.39 is 0 Å². The van der Waals surface area contributed by atoms with Crippen molar-refractivity contribution < 1.29 is 4.79 Å². The van der Waals surface area contributed by atoms with E-state index in [4.69, 9.17) is 5.73 Å². The van der Waals surface area contributed by atoms with E-state index >= 15 is 0 Å². The van der Waals surface area contributed by atoms with Gasteiger partial charge in [0.1, 0.15) is 6.54 Å². The van der Waals surface area contributed by atoms with Crippen LogP contribution in [0.1, 0.15) is 38.5 Å². The predicted molar refractivity (Wildman–Crippen MR) is 83.8 cm³/mol. The number of carbonyl (C=O) groups excluding carboxylic acids is 1. The number of hydrogen-bond donors (Lipinski definition) is 2. The Hall–Kier alpha value is -1.56. The highest BCUT2D eigenvalue weighted by Gasteiger charge is 2.17. The van der Waals surface area contributed by atoms with E-state index in [-0.39, 0.29) is 12.5 Å². The van der Waals surface area contributed by atoms with E-state index in [1.165, 1.54) is 32.1 Å². The van der Waals surface area contributed by atoms with Crippen LogP contribution in [0.5, 0.6) is 0 Å². The molecule has 6 nitrogen and oxygen atoms in total. The molecule has 0 atom stereocenters. The highest BCUT2D eigenvalue weighted by molar-refractivity contribution is 5.75. The number of nitrogens with one attached hydrogen (secondary N) is 1. The van der Waals surface area contributed by atoms with E-state index in [1.807, 2.05) is 0 Å². The average molecular weight is 293 g/mol. The van der Waals surface area contributed by atoms with Crippen molar-refractivity contribution in [2.75, 3.05) is 25.9 Å². The van der Waals surface area contributed by atoms with E-state index in [0.29, 0.717) is 12.2 Å². The molecule has 1 aromatic rings. The van der Waals surface area contributed by atoms with Crippen molar-refractivity contribution in [2.24, 2.45) is 0 Å². The zero-order valence-electron chi connectivity index (χ0n) is 12.9. The third-order valence-electron chi connectivity index (χ3n) is 4.17. The van der Waals surface area contributed by atoms with Crippen LogP contribution in [-0.4, -0.2) is 46.8 Å². The Morgan fingerprint density at radius 3 is 2.90 bits per heavy atom. The second kappa shape index (κ2) is 8.02. The molecule has 6 heteroatoms. The maximum Gasteiger partial charge on any atom is 0.241 e. The van der Waals surface area contributed by atoms with E-state index in [0.717, 1.165) is 19.0 Å². The van der Waals surface area contributed by atoms with Crippen LogP contribution in [0.3, 0.4) is 0 Å². The molecule has 1 aliphatic rings. The van der Waals surface area contributed by atoms with Gasteiger partial charge in [-0.25, -0.2) is 0 Å². The molecule has 118 valence electrons. The number of aromatic nitrogens is 2. The molecule has 0 saturated heterocycles. The van der Waals surface area contributed by atoms with Crippen LogP contribution in [0, 0.1) is 0 Å². The van der Waals surface area contributed by atoms with Crippen molar-refractivity contribution >= 4 is 11.6 Å². The summed E-state index contributed by atoms with van der Waals surface area (Å²) in [7, 11) is 2.20. The molecule has 21 heavy (non-hydrogen) atoms. The van der Waals surface area contributed by atoms with Gasteiger partial charge in [0.05, 0.1) is 11.9 Å². The molecular formula is C15H27N5O. The van der Waals surface area contributed by atoms with E-state index in [2.05, 4.69) is 22.4 Å². The first-order valence-corrected chi connectivity index (χ1v) is 7.90. The third kappa shape index (κ3) is 5.38. The molecule has 1 aliphatic carbocycles. The van der Waals surface area contributed by atoms with Crippen LogP contribution >= 0.6 is 0 Å². The summed E-state index contributed by atoms with van der Waals surface area (Å²) in [6, 6.07) is 0.738. The van der Waals surface area contributed by atoms with Crippen LogP contribution in [0.4, 0.5) is 5.69 Å². The average Bonchev–Trinajstić information content (AvgIpc) is 2.89. The number of anilines is 1. The number of carbonyl (C=O) groups is 1. The van der Waals surface area contributed by atoms with Crippen LogP contribution in [0.15, 0.2) is 12.4 Å². The Balaban J connectivity index is 1.57. The summed E-state index contributed by atoms with van der Waals surface area (Å²) >= 11 is 0. The maximum atomic E-state index is 11.7. The molecule has 0 aromatic carbocycles. The van der Waals surface area contributed by atoms with Gasteiger partial charge in [-0.2, -0.15) is 5.10 Å². The summed E-state index contributed by atoms with van der Waals surface area (Å²) in [5, 5.41) is 6.93. The fourth-order valence-corrected chi connectivity index (χ4v) is 2.93. The Bertz CT molecular complexity index is 439. The smallest absolute Gasteiger partial charge is 0.241 e. The van der Waals surface area contributed by atoms with Crippen molar-refractivity contribution in [3.8, 4) is 0 Å². The van der Waals surface area contributed by atoms with Crippen LogP contribution in [-0.2, 0) is 11.3 Å². The lowest BCUT2D eigenvalue weighted by atomic mass is 9.94. The number of amides is 1. The van der Waals surface area contributed by atoms with Crippen molar-refractivity contribution in [3.63, 3.8) is 0 Å². The minimum Gasteiger partial charge on any atom is -0.396 e. The largest absolute Gasteiger partial charge is 0.396 e. The predicted octanol–water partition coefficient (Wildman–Crippen LogP) is 1.24. The fraction of sp³-hybridized carbons (Fsp3) is 0.733. The van der Waals surface area contributed by atoms with Crippen molar-refractivity contribution in [2.45, 2.75) is 51.1 Å². The van der Waals surface area contributed by atoms with Crippen LogP contribution in [0.2, 0.25) is 0 Å². The van der Waals surface area contributed by atoms with Crippen LogP contribution in [0.25, 0.3) is 0 Å². The Labute approximate surface area is 126 Å². The van der Waals surface area contributed by atoms with Gasteiger partial charge in [-0.1, -0.05) is 19.3 Å². The lowest BCUT2D eigenvalue weighted by Gasteiger charge is -2.31. The number of nitrogens with zero attached hydrogens (tertiary/aromatic N) is 3. The van der Waals surface area contributed by atoms with Crippen molar-refractivity contribution in [1.82, 2.24) is 20.0 Å². The molecule has 1 saturated carbocycles. The Morgan fingerprint density at radius 2 is 2.24 bits per heavy atom. The van der Waals surface area contributed by atoms with E-state index in [9.17, 15) is 4.79 Å². The highest BCUT2D eigenvalue weighted by atomic mass is 16.2. The summed E-state index contributed by atoms with van der Waals surface area (Å²) in [6.45, 7) is 1.99. The van der Waals surface area contributed by atoms with Gasteiger partial charge >= 0.3 is 0 Å². The van der Waals surface area contributed by atoms with Gasteiger partial charge in [-0.15, -0.1) is 0 Å². The van der Waals surface area contributed by atoms with Crippen LogP contribution < -0.4 is 11.1 Å². The maximum absolute atomic E-state index is 11.7. The minimum atomic E-state index is -0.0154. The molecule has 0 aliphatic heterocycles. The summed E-state index contributed by atoms with van der Waals surface area (Å²) in [5.41, 5.74) is 6.14. The molecule has 2 rings (SSSR count). The SMILES string of the molecule is CN(CCCNC(=O)Cn1cc(N)cn1)C1CCCCC1. The molecule has 3 N–H and O–H groups in total. The van der Waals surface area contributed by atoms with Crippen molar-refractivity contribution in [3.05, 3.63) is 12.4 Å². The zero-order valence-corrected chi connectivity index (χ0v) is 12.9. The van der Waals surface area contributed by atoms with Gasteiger partial charge in [0.25, 0.3) is 0 Å². The highest BCUT2D eigenvalue weighted by Crippen LogP contribution is 2.21. The third-order valence-corrected chi connectivity index (χ3v) is 4.17. The lowest BCUT2D eigenvalue weighted by Crippen LogP contribution is -2.36. The van der Waals surface area contributed by atoms with Gasteiger partial charge in [-0.05, 0) is 32.9 Å². The van der Waals surface area contributed by atoms with Crippen molar-refractivity contribution in [1.29, 1.82) is 0 Å². The second-order valence-corrected chi connectivity index (χ2v) is 5.95. The molecule has 0 bridgehead atoms. The second-order valence-electron chi connectivity index (χ2n) is 5.95. The number of nitrogen functional groups attached to an aromatic ring is 1. The summed E-state index contributed by atoms with van der Waals surface area (Å²) in [5.74, 6) is -0.0154. The molecule has 0 radical (unpaired) electrons. The molecule has 1 fully saturated rings. The first-order chi connectivity index (χ1) is 10.1. The summed E-state index contributed by atoms with van der Waals surface area (Å²) in [4.78, 5) is 14.2. The number of nitrogens with two attached hydrogens (primary N) is 1. The Morgan fingerprint density at radius 1 is 1.48 bits per heavy atom. The molecular weight excluding hydrogens is 266 g/mol. The fourth-order valence-electron chi connectivity index (χ4n) is 2.93. The van der Waals surface area contributed by atoms with Gasteiger partial charge in [0.15, 0.2) is 0 Å². The molecule has 0 unspecified atom stereocenters. The van der Waals surface area contributed by atoms with Gasteiger partial charge in [-0.3, -0.25) is 9.48 Å². The minimum absolute atomic E-state index is 0.0154. The quantitative estimate of drug-likeness (QED) is 0.742. The van der Waals surface area contributed by atoms with Gasteiger partial charge in [0, 0.05) is 18.8 Å². The zero-order chi connectivity index (χ0) is 15.1. The van der Waals surface area contributed by atoms with Gasteiger partial charge in [0.2, 0.25) is 5.91 Å². The summed E-state index contributed by atoms with van der Waals surface area (Å²) < 4.78 is 1.55. The monoisotopic (exact) mass is 293 g/mol. The first-order valence-electron chi connectivity index (χ1n) is 7.90. The first kappa shape index (κ1) is 15.8. The lowest BCUT2D eigenvalue weighted by molar-refractivity contribution is -0.121. The molecule has 1 aromatic heterocycles. The topological polar surface area (TPSA) is 76.2 Å².